The molecule has 0 saturated carbocycles. The van der Waals surface area contributed by atoms with Crippen LogP contribution in [0.5, 0.6) is 0 Å². The Morgan fingerprint density at radius 1 is 0.778 bits per heavy atom. The highest BCUT2D eigenvalue weighted by Gasteiger charge is 2.39. The molecule has 1 heterocycles. The molecule has 0 aliphatic carbocycles. The molecule has 9 heteroatoms. The molecule has 0 amide bonds. The molecular formula is C9H4F6O3. The van der Waals surface area contributed by atoms with E-state index in [1.807, 2.05) is 0 Å². The van der Waals surface area contributed by atoms with Gasteiger partial charge in [-0.1, -0.05) is 5.04 Å². The molecule has 0 N–H and O–H groups in total. The van der Waals surface area contributed by atoms with Crippen LogP contribution in [0.1, 0.15) is 23.0 Å². The molecule has 1 aliphatic heterocycles. The lowest BCUT2D eigenvalue weighted by Crippen LogP contribution is -2.21. The molecular weight excluding hydrogens is 270 g/mol. The van der Waals surface area contributed by atoms with Crippen molar-refractivity contribution in [2.75, 3.05) is 0 Å². The van der Waals surface area contributed by atoms with Crippen molar-refractivity contribution < 1.29 is 41.2 Å². The van der Waals surface area contributed by atoms with Gasteiger partial charge in [-0.2, -0.15) is 36.1 Å². The van der Waals surface area contributed by atoms with E-state index in [0.717, 1.165) is 0 Å². The fraction of sp³-hybridized carbons (Fsp3) is 0.333. The minimum atomic E-state index is -4.90. The molecule has 0 bridgehead atoms. The molecule has 1 aromatic carbocycles. The van der Waals surface area contributed by atoms with Gasteiger partial charge in [0.1, 0.15) is 0 Å². The van der Waals surface area contributed by atoms with Crippen LogP contribution in [0.3, 0.4) is 0 Å². The Kier molecular flexibility index (Phi) is 2.99. The van der Waals surface area contributed by atoms with Crippen molar-refractivity contribution in [3.05, 3.63) is 34.9 Å². The Hall–Kier alpha value is -1.32. The van der Waals surface area contributed by atoms with E-state index >= 15 is 0 Å². The predicted molar refractivity (Wildman–Crippen MR) is 42.4 cm³/mol. The highest BCUT2D eigenvalue weighted by Crippen LogP contribution is 2.39. The Balaban J connectivity index is 2.48. The summed E-state index contributed by atoms with van der Waals surface area (Å²) in [6.07, 6.45) is -11.2. The summed E-state index contributed by atoms with van der Waals surface area (Å²) < 4.78 is 74.6. The smallest absolute Gasteiger partial charge is 0.166 e. The van der Waals surface area contributed by atoms with Gasteiger partial charge < -0.3 is 0 Å². The van der Waals surface area contributed by atoms with E-state index in [2.05, 4.69) is 14.8 Å². The van der Waals surface area contributed by atoms with Gasteiger partial charge in [-0.05, 0) is 18.2 Å². The van der Waals surface area contributed by atoms with Crippen molar-refractivity contribution in [3.8, 4) is 0 Å². The monoisotopic (exact) mass is 274 g/mol. The quantitative estimate of drug-likeness (QED) is 0.578. The molecule has 1 fully saturated rings. The SMILES string of the molecule is FC(F)(F)c1cc(C2OOO2)cc(C(F)(F)F)c1. The maximum Gasteiger partial charge on any atom is 0.416 e. The zero-order valence-electron chi connectivity index (χ0n) is 8.30. The lowest BCUT2D eigenvalue weighted by Gasteiger charge is -2.24. The van der Waals surface area contributed by atoms with E-state index in [9.17, 15) is 26.3 Å². The van der Waals surface area contributed by atoms with Gasteiger partial charge in [-0.25, -0.2) is 0 Å². The first-order valence-corrected chi connectivity index (χ1v) is 4.46. The van der Waals surface area contributed by atoms with Crippen LogP contribution in [0.25, 0.3) is 0 Å². The lowest BCUT2D eigenvalue weighted by atomic mass is 10.0. The van der Waals surface area contributed by atoms with Crippen molar-refractivity contribution >= 4 is 0 Å². The van der Waals surface area contributed by atoms with Gasteiger partial charge in [0.05, 0.1) is 11.1 Å². The summed E-state index contributed by atoms with van der Waals surface area (Å²) in [4.78, 5) is 8.39. The fourth-order valence-electron chi connectivity index (χ4n) is 1.30. The van der Waals surface area contributed by atoms with E-state index < -0.39 is 35.3 Å². The van der Waals surface area contributed by atoms with Crippen LogP contribution in [-0.2, 0) is 27.2 Å². The largest absolute Gasteiger partial charge is 0.416 e. The standard InChI is InChI=1S/C9H4F6O3/c10-8(11,12)5-1-4(7-16-18-17-7)2-6(3-5)9(13,14)15/h1-3,7H. The zero-order chi connectivity index (χ0) is 13.6. The van der Waals surface area contributed by atoms with E-state index in [0.29, 0.717) is 12.1 Å². The number of hydrogen-bond acceptors (Lipinski definition) is 3. The van der Waals surface area contributed by atoms with Gasteiger partial charge in [0.25, 0.3) is 6.29 Å². The van der Waals surface area contributed by atoms with Crippen LogP contribution in [0, 0.1) is 0 Å². The van der Waals surface area contributed by atoms with Gasteiger partial charge >= 0.3 is 12.4 Å². The van der Waals surface area contributed by atoms with Crippen molar-refractivity contribution in [2.24, 2.45) is 0 Å². The molecule has 0 spiro atoms. The third-order valence-corrected chi connectivity index (χ3v) is 2.14. The Labute approximate surface area is 95.7 Å². The third-order valence-electron chi connectivity index (χ3n) is 2.14. The average molecular weight is 274 g/mol. The van der Waals surface area contributed by atoms with Crippen LogP contribution in [0.2, 0.25) is 0 Å². The van der Waals surface area contributed by atoms with Crippen molar-refractivity contribution in [2.45, 2.75) is 18.6 Å². The normalized spacial score (nSPS) is 17.7. The molecule has 2 rings (SSSR count). The first-order chi connectivity index (χ1) is 8.18. The Morgan fingerprint density at radius 2 is 1.22 bits per heavy atom. The highest BCUT2D eigenvalue weighted by molar-refractivity contribution is 5.34. The van der Waals surface area contributed by atoms with Gasteiger partial charge in [-0.15, -0.1) is 0 Å². The number of hydrogen-bond donors (Lipinski definition) is 0. The summed E-state index contributed by atoms with van der Waals surface area (Å²) in [7, 11) is 0. The molecule has 1 aliphatic rings. The number of halogens is 6. The minimum absolute atomic E-state index is 0.0169. The second kappa shape index (κ2) is 4.11. The molecule has 3 nitrogen and oxygen atoms in total. The molecule has 0 aromatic heterocycles. The fourth-order valence-corrected chi connectivity index (χ4v) is 1.30. The van der Waals surface area contributed by atoms with Gasteiger partial charge in [-0.3, -0.25) is 0 Å². The lowest BCUT2D eigenvalue weighted by molar-refractivity contribution is -0.697. The van der Waals surface area contributed by atoms with Crippen LogP contribution in [-0.4, -0.2) is 0 Å². The Bertz CT molecular complexity index is 416. The summed E-state index contributed by atoms with van der Waals surface area (Å²) in [5.41, 5.74) is -3.30. The summed E-state index contributed by atoms with van der Waals surface area (Å²) in [6.45, 7) is 0. The average Bonchev–Trinajstić information content (AvgIpc) is 2.11. The van der Waals surface area contributed by atoms with Crippen LogP contribution >= 0.6 is 0 Å². The van der Waals surface area contributed by atoms with Crippen molar-refractivity contribution in [3.63, 3.8) is 0 Å². The van der Waals surface area contributed by atoms with E-state index in [-0.39, 0.29) is 6.07 Å². The molecule has 0 radical (unpaired) electrons. The van der Waals surface area contributed by atoms with Crippen LogP contribution in [0.4, 0.5) is 26.3 Å². The van der Waals surface area contributed by atoms with Crippen LogP contribution in [0.15, 0.2) is 18.2 Å². The third kappa shape index (κ3) is 2.57. The number of rotatable bonds is 1. The molecule has 1 aromatic rings. The van der Waals surface area contributed by atoms with E-state index in [4.69, 9.17) is 0 Å². The van der Waals surface area contributed by atoms with Crippen molar-refractivity contribution in [1.29, 1.82) is 0 Å². The number of benzene rings is 1. The molecule has 18 heavy (non-hydrogen) atoms. The molecule has 0 atom stereocenters. The van der Waals surface area contributed by atoms with Gasteiger partial charge in [0.2, 0.25) is 0 Å². The summed E-state index contributed by atoms with van der Waals surface area (Å²) in [5.74, 6) is 0. The topological polar surface area (TPSA) is 27.7 Å². The summed E-state index contributed by atoms with van der Waals surface area (Å²) in [6, 6.07) is 1.02. The first-order valence-electron chi connectivity index (χ1n) is 4.46. The van der Waals surface area contributed by atoms with Crippen molar-refractivity contribution in [1.82, 2.24) is 0 Å². The second-order valence-corrected chi connectivity index (χ2v) is 3.43. The second-order valence-electron chi connectivity index (χ2n) is 3.43. The first kappa shape index (κ1) is 13.1. The Morgan fingerprint density at radius 3 is 1.50 bits per heavy atom. The molecule has 1 saturated heterocycles. The van der Waals surface area contributed by atoms with E-state index in [1.54, 1.807) is 0 Å². The summed E-state index contributed by atoms with van der Waals surface area (Å²) >= 11 is 0. The van der Waals surface area contributed by atoms with E-state index in [1.165, 1.54) is 0 Å². The highest BCUT2D eigenvalue weighted by atomic mass is 19.4. The molecule has 100 valence electrons. The van der Waals surface area contributed by atoms with Crippen LogP contribution < -0.4 is 0 Å². The zero-order valence-corrected chi connectivity index (χ0v) is 8.30. The molecule has 0 unspecified atom stereocenters. The number of alkyl halides is 6. The maximum absolute atomic E-state index is 12.4. The predicted octanol–water partition coefficient (Wildman–Crippen LogP) is 3.62. The summed E-state index contributed by atoms with van der Waals surface area (Å²) in [5, 5.41) is 3.78. The van der Waals surface area contributed by atoms with Gasteiger partial charge in [0, 0.05) is 5.56 Å². The van der Waals surface area contributed by atoms with Gasteiger partial charge in [0.15, 0.2) is 0 Å². The minimum Gasteiger partial charge on any atom is -0.166 e. The maximum atomic E-state index is 12.4.